The smallest absolute Gasteiger partial charge is 0.222 e. The van der Waals surface area contributed by atoms with Gasteiger partial charge < -0.3 is 16.0 Å². The molecule has 0 unspecified atom stereocenters. The van der Waals surface area contributed by atoms with E-state index in [-0.39, 0.29) is 19.2 Å². The number of thiol groups is 3. The Labute approximate surface area is 207 Å². The summed E-state index contributed by atoms with van der Waals surface area (Å²) in [6.45, 7) is 17.0. The van der Waals surface area contributed by atoms with Crippen molar-refractivity contribution in [1.29, 1.82) is 0 Å². The monoisotopic (exact) mass is 496 g/mol. The second kappa shape index (κ2) is 14.6. The number of nitrogens with zero attached hydrogens (tertiary/aromatic N) is 1. The van der Waals surface area contributed by atoms with Gasteiger partial charge >= 0.3 is 0 Å². The summed E-state index contributed by atoms with van der Waals surface area (Å²) < 4.78 is -0.253. The molecule has 3 N–H and O–H groups in total. The Hall–Kier alpha value is 0.330. The van der Waals surface area contributed by atoms with Gasteiger partial charge in [0.25, 0.3) is 0 Å². The van der Waals surface area contributed by atoms with Crippen molar-refractivity contribution in [2.45, 2.75) is 99.8 Å². The van der Waals surface area contributed by atoms with Crippen molar-refractivity contribution in [2.24, 2.45) is 0 Å². The summed E-state index contributed by atoms with van der Waals surface area (Å²) in [6, 6.07) is 0. The van der Waals surface area contributed by atoms with Crippen molar-refractivity contribution >= 4 is 37.9 Å². The molecule has 9 heteroatoms. The summed E-state index contributed by atoms with van der Waals surface area (Å²) in [5, 5.41) is 22.3. The minimum Gasteiger partial charge on any atom is -0.315 e. The number of hydrogen-bond donors (Lipinski definition) is 6. The minimum atomic E-state index is -0.867. The number of nitro groups is 1. The van der Waals surface area contributed by atoms with E-state index in [1.54, 1.807) is 0 Å². The standard InChI is InChI=1S/C22H48N4O2S3/c1-19(2,29)16-23-13-7-10-22(26(27)28,11-8-14-24-17-20(3,4)30)12-9-15-25-18-21(5,6)31/h23-25,29-31H,7-18H2,1-6H3. The first-order valence-electron chi connectivity index (χ1n) is 11.5. The highest BCUT2D eigenvalue weighted by molar-refractivity contribution is 7.82. The highest BCUT2D eigenvalue weighted by Gasteiger charge is 2.40. The molecule has 6 nitrogen and oxygen atoms in total. The fraction of sp³-hybridized carbons (Fsp3) is 1.00. The molecular weight excluding hydrogens is 448 g/mol. The predicted molar refractivity (Wildman–Crippen MR) is 145 cm³/mol. The molecule has 0 aromatic rings. The Morgan fingerprint density at radius 1 is 0.645 bits per heavy atom. The molecule has 0 bridgehead atoms. The van der Waals surface area contributed by atoms with Gasteiger partial charge in [0.1, 0.15) is 0 Å². The van der Waals surface area contributed by atoms with Crippen molar-refractivity contribution in [1.82, 2.24) is 16.0 Å². The fourth-order valence-electron chi connectivity index (χ4n) is 3.46. The van der Waals surface area contributed by atoms with E-state index in [2.05, 4.69) is 95.4 Å². The van der Waals surface area contributed by atoms with Crippen molar-refractivity contribution in [3.05, 3.63) is 10.1 Å². The Bertz CT molecular complexity index is 441. The van der Waals surface area contributed by atoms with Gasteiger partial charge in [0.05, 0.1) is 0 Å². The lowest BCUT2D eigenvalue weighted by Gasteiger charge is -2.27. The molecule has 0 aliphatic heterocycles. The molecule has 0 aliphatic carbocycles. The second-order valence-corrected chi connectivity index (χ2v) is 14.4. The van der Waals surface area contributed by atoms with Crippen LogP contribution in [-0.2, 0) is 0 Å². The summed E-state index contributed by atoms with van der Waals surface area (Å²) in [7, 11) is 0. The fourth-order valence-corrected chi connectivity index (χ4v) is 3.79. The van der Waals surface area contributed by atoms with Crippen LogP contribution in [0.2, 0.25) is 0 Å². The van der Waals surface area contributed by atoms with Gasteiger partial charge in [-0.3, -0.25) is 10.1 Å². The van der Waals surface area contributed by atoms with Crippen LogP contribution in [0.1, 0.15) is 80.1 Å². The summed E-state index contributed by atoms with van der Waals surface area (Å²) in [5.74, 6) is 0. The molecule has 0 aromatic carbocycles. The van der Waals surface area contributed by atoms with E-state index in [4.69, 9.17) is 0 Å². The van der Waals surface area contributed by atoms with Gasteiger partial charge in [-0.1, -0.05) is 0 Å². The second-order valence-electron chi connectivity index (χ2n) is 10.8. The molecule has 0 amide bonds. The van der Waals surface area contributed by atoms with Gasteiger partial charge in [0, 0.05) is 58.1 Å². The maximum atomic E-state index is 12.2. The molecule has 0 aromatic heterocycles. The van der Waals surface area contributed by atoms with Gasteiger partial charge in [0.15, 0.2) is 0 Å². The summed E-state index contributed by atoms with van der Waals surface area (Å²) in [4.78, 5) is 12.2. The summed E-state index contributed by atoms with van der Waals surface area (Å²) in [6.07, 6.45) is 4.15. The molecule has 0 rings (SSSR count). The average Bonchev–Trinajstić information content (AvgIpc) is 2.56. The lowest BCUT2D eigenvalue weighted by atomic mass is 9.84. The highest BCUT2D eigenvalue weighted by atomic mass is 32.1. The first-order chi connectivity index (χ1) is 14.1. The van der Waals surface area contributed by atoms with E-state index < -0.39 is 5.54 Å². The molecule has 0 radical (unpaired) electrons. The molecule has 186 valence electrons. The van der Waals surface area contributed by atoms with Crippen LogP contribution < -0.4 is 16.0 Å². The number of rotatable bonds is 19. The minimum absolute atomic E-state index is 0.0132. The third kappa shape index (κ3) is 18.4. The molecule has 0 spiro atoms. The van der Waals surface area contributed by atoms with Crippen LogP contribution in [0.5, 0.6) is 0 Å². The van der Waals surface area contributed by atoms with Crippen LogP contribution in [0.15, 0.2) is 0 Å². The molecule has 0 aliphatic rings. The zero-order valence-electron chi connectivity index (χ0n) is 20.6. The summed E-state index contributed by atoms with van der Waals surface area (Å²) in [5.41, 5.74) is -0.867. The number of nitrogens with one attached hydrogen (secondary N) is 3. The van der Waals surface area contributed by atoms with Crippen LogP contribution in [0, 0.1) is 10.1 Å². The van der Waals surface area contributed by atoms with E-state index in [0.29, 0.717) is 19.3 Å². The summed E-state index contributed by atoms with van der Waals surface area (Å²) >= 11 is 13.6. The van der Waals surface area contributed by atoms with Crippen molar-refractivity contribution < 1.29 is 4.92 Å². The quantitative estimate of drug-likeness (QED) is 0.0698. The Morgan fingerprint density at radius 2 is 0.903 bits per heavy atom. The maximum Gasteiger partial charge on any atom is 0.222 e. The largest absolute Gasteiger partial charge is 0.315 e. The lowest BCUT2D eigenvalue weighted by molar-refractivity contribution is -0.574. The molecule has 0 heterocycles. The SMILES string of the molecule is CC(C)(S)CNCCCC(CCCNCC(C)(C)S)(CCCNCC(C)(C)S)[N+](=O)[O-]. The Balaban J connectivity index is 4.76. The molecular formula is C22H48N4O2S3. The maximum absolute atomic E-state index is 12.2. The highest BCUT2D eigenvalue weighted by Crippen LogP contribution is 2.29. The van der Waals surface area contributed by atoms with Crippen LogP contribution in [0.3, 0.4) is 0 Å². The molecule has 0 saturated heterocycles. The Morgan fingerprint density at radius 3 is 1.10 bits per heavy atom. The van der Waals surface area contributed by atoms with Crippen molar-refractivity contribution in [2.75, 3.05) is 39.3 Å². The first-order valence-corrected chi connectivity index (χ1v) is 12.8. The van der Waals surface area contributed by atoms with Gasteiger partial charge in [-0.2, -0.15) is 37.9 Å². The van der Waals surface area contributed by atoms with Crippen molar-refractivity contribution in [3.63, 3.8) is 0 Å². The van der Waals surface area contributed by atoms with Gasteiger partial charge in [-0.15, -0.1) is 0 Å². The lowest BCUT2D eigenvalue weighted by Crippen LogP contribution is -2.41. The van der Waals surface area contributed by atoms with Crippen LogP contribution in [0.4, 0.5) is 0 Å². The van der Waals surface area contributed by atoms with Gasteiger partial charge in [0.2, 0.25) is 5.54 Å². The van der Waals surface area contributed by atoms with E-state index in [1.165, 1.54) is 0 Å². The Kier molecular flexibility index (Phi) is 14.7. The molecule has 0 saturated carbocycles. The zero-order valence-corrected chi connectivity index (χ0v) is 23.3. The molecule has 31 heavy (non-hydrogen) atoms. The predicted octanol–water partition coefficient (Wildman–Crippen LogP) is 4.24. The third-order valence-electron chi connectivity index (χ3n) is 5.05. The number of hydrogen-bond acceptors (Lipinski definition) is 8. The van der Waals surface area contributed by atoms with Crippen LogP contribution in [-0.4, -0.2) is 64.0 Å². The zero-order chi connectivity index (χ0) is 24.2. The van der Waals surface area contributed by atoms with Crippen molar-refractivity contribution in [3.8, 4) is 0 Å². The molecule has 0 fully saturated rings. The normalized spacial score (nSPS) is 13.6. The van der Waals surface area contributed by atoms with Gasteiger partial charge in [-0.25, -0.2) is 0 Å². The first kappa shape index (κ1) is 31.3. The topological polar surface area (TPSA) is 79.2 Å². The van der Waals surface area contributed by atoms with Gasteiger partial charge in [-0.05, 0) is 80.4 Å². The van der Waals surface area contributed by atoms with E-state index in [1.807, 2.05) is 0 Å². The van der Waals surface area contributed by atoms with Crippen LogP contribution in [0.25, 0.3) is 0 Å². The molecule has 0 atom stereocenters. The third-order valence-corrected chi connectivity index (χ3v) is 5.52. The average molecular weight is 497 g/mol. The van der Waals surface area contributed by atoms with Crippen LogP contribution >= 0.6 is 37.9 Å². The van der Waals surface area contributed by atoms with E-state index >= 15 is 0 Å². The van der Waals surface area contributed by atoms with E-state index in [0.717, 1.165) is 58.5 Å². The van der Waals surface area contributed by atoms with E-state index in [9.17, 15) is 10.1 Å².